The summed E-state index contributed by atoms with van der Waals surface area (Å²) in [4.78, 5) is 0. The molecule has 0 saturated carbocycles. The molecular formula is C13H15N. The molecule has 0 radical (unpaired) electrons. The van der Waals surface area contributed by atoms with Crippen molar-refractivity contribution in [2.75, 3.05) is 5.73 Å². The quantitative estimate of drug-likeness (QED) is 0.668. The largest absolute Gasteiger partial charge is 0.399 e. The predicted octanol–water partition coefficient (Wildman–Crippen LogP) is 3.17. The molecule has 0 atom stereocenters. The average molecular weight is 185 g/mol. The summed E-state index contributed by atoms with van der Waals surface area (Å²) in [5, 5.41) is 0. The van der Waals surface area contributed by atoms with Gasteiger partial charge in [0, 0.05) is 5.69 Å². The van der Waals surface area contributed by atoms with Crippen molar-refractivity contribution in [3.63, 3.8) is 0 Å². The summed E-state index contributed by atoms with van der Waals surface area (Å²) < 4.78 is 0. The Morgan fingerprint density at radius 2 is 2.21 bits per heavy atom. The summed E-state index contributed by atoms with van der Waals surface area (Å²) in [6.07, 6.45) is 4.40. The minimum atomic E-state index is 0.861. The van der Waals surface area contributed by atoms with Gasteiger partial charge in [-0.1, -0.05) is 24.3 Å². The molecule has 2 rings (SSSR count). The summed E-state index contributed by atoms with van der Waals surface area (Å²) in [5.41, 5.74) is 11.8. The minimum absolute atomic E-state index is 0.861. The van der Waals surface area contributed by atoms with Crippen LogP contribution in [0.25, 0.3) is 5.57 Å². The summed E-state index contributed by atoms with van der Waals surface area (Å²) >= 11 is 0. The van der Waals surface area contributed by atoms with Crippen LogP contribution in [0.1, 0.15) is 24.5 Å². The first-order chi connectivity index (χ1) is 6.66. The molecule has 0 bridgehead atoms. The Hall–Kier alpha value is -1.50. The maximum Gasteiger partial charge on any atom is 0.0317 e. The van der Waals surface area contributed by atoms with E-state index in [2.05, 4.69) is 24.8 Å². The molecule has 1 nitrogen and oxygen atoms in total. The van der Waals surface area contributed by atoms with Crippen molar-refractivity contribution in [2.24, 2.45) is 0 Å². The zero-order chi connectivity index (χ0) is 10.1. The molecule has 1 aliphatic rings. The topological polar surface area (TPSA) is 26.0 Å². The second-order valence-electron chi connectivity index (χ2n) is 3.93. The van der Waals surface area contributed by atoms with Gasteiger partial charge in [0.15, 0.2) is 0 Å². The van der Waals surface area contributed by atoms with Crippen molar-refractivity contribution in [1.82, 2.24) is 0 Å². The maximum atomic E-state index is 5.74. The summed E-state index contributed by atoms with van der Waals surface area (Å²) in [6.45, 7) is 5.94. The van der Waals surface area contributed by atoms with Gasteiger partial charge in [0.1, 0.15) is 0 Å². The van der Waals surface area contributed by atoms with Gasteiger partial charge in [0.05, 0.1) is 0 Å². The van der Waals surface area contributed by atoms with Crippen LogP contribution in [0.15, 0.2) is 36.4 Å². The van der Waals surface area contributed by atoms with Crippen molar-refractivity contribution in [2.45, 2.75) is 19.8 Å². The van der Waals surface area contributed by atoms with E-state index in [1.54, 1.807) is 0 Å². The van der Waals surface area contributed by atoms with Gasteiger partial charge in [-0.25, -0.2) is 0 Å². The molecule has 72 valence electrons. The molecule has 0 aliphatic heterocycles. The van der Waals surface area contributed by atoms with Crippen molar-refractivity contribution >= 4 is 11.3 Å². The van der Waals surface area contributed by atoms with Crippen LogP contribution in [0, 0.1) is 0 Å². The predicted molar refractivity (Wildman–Crippen MR) is 62.0 cm³/mol. The normalized spacial score (nSPS) is 17.1. The van der Waals surface area contributed by atoms with Crippen molar-refractivity contribution < 1.29 is 0 Å². The number of aryl methyl sites for hydroxylation is 1. The van der Waals surface area contributed by atoms with Gasteiger partial charge in [-0.3, -0.25) is 0 Å². The summed E-state index contributed by atoms with van der Waals surface area (Å²) in [6, 6.07) is 6.16. The maximum absolute atomic E-state index is 5.74. The second-order valence-corrected chi connectivity index (χ2v) is 3.93. The van der Waals surface area contributed by atoms with E-state index in [0.717, 1.165) is 24.1 Å². The molecule has 1 aliphatic carbocycles. The number of hydrogen-bond donors (Lipinski definition) is 1. The zero-order valence-electron chi connectivity index (χ0n) is 8.51. The lowest BCUT2D eigenvalue weighted by molar-refractivity contribution is 1.08. The van der Waals surface area contributed by atoms with E-state index in [4.69, 9.17) is 5.73 Å². The molecule has 2 N–H and O–H groups in total. The number of fused-ring (bicyclic) bond motifs is 1. The third kappa shape index (κ3) is 1.58. The van der Waals surface area contributed by atoms with Gasteiger partial charge < -0.3 is 5.73 Å². The van der Waals surface area contributed by atoms with E-state index in [-0.39, 0.29) is 0 Å². The number of hydrogen-bond acceptors (Lipinski definition) is 1. The Morgan fingerprint density at radius 3 is 2.93 bits per heavy atom. The van der Waals surface area contributed by atoms with Gasteiger partial charge in [-0.2, -0.15) is 0 Å². The number of rotatable bonds is 1. The van der Waals surface area contributed by atoms with Crippen molar-refractivity contribution in [3.8, 4) is 0 Å². The van der Waals surface area contributed by atoms with Crippen LogP contribution in [0.2, 0.25) is 0 Å². The lowest BCUT2D eigenvalue weighted by Gasteiger charge is -2.01. The van der Waals surface area contributed by atoms with Crippen LogP contribution >= 0.6 is 0 Å². The fourth-order valence-corrected chi connectivity index (χ4v) is 1.99. The summed E-state index contributed by atoms with van der Waals surface area (Å²) in [5.74, 6) is 0. The zero-order valence-corrected chi connectivity index (χ0v) is 8.51. The first-order valence-corrected chi connectivity index (χ1v) is 4.91. The molecule has 1 aromatic carbocycles. The Kier molecular flexibility index (Phi) is 2.16. The van der Waals surface area contributed by atoms with E-state index in [1.165, 1.54) is 16.7 Å². The van der Waals surface area contributed by atoms with Gasteiger partial charge in [0.2, 0.25) is 0 Å². The number of allylic oxidation sites excluding steroid dienone is 3. The van der Waals surface area contributed by atoms with Crippen molar-refractivity contribution in [3.05, 3.63) is 47.6 Å². The third-order valence-electron chi connectivity index (χ3n) is 2.56. The molecule has 0 aromatic heterocycles. The van der Waals surface area contributed by atoms with E-state index in [0.29, 0.717) is 0 Å². The number of benzene rings is 1. The van der Waals surface area contributed by atoms with Gasteiger partial charge in [-0.15, -0.1) is 0 Å². The van der Waals surface area contributed by atoms with Crippen LogP contribution in [0.4, 0.5) is 5.69 Å². The molecule has 0 heterocycles. The molecule has 1 aromatic rings. The van der Waals surface area contributed by atoms with E-state index < -0.39 is 0 Å². The first-order valence-electron chi connectivity index (χ1n) is 4.91. The van der Waals surface area contributed by atoms with Crippen LogP contribution in [-0.4, -0.2) is 0 Å². The van der Waals surface area contributed by atoms with E-state index in [9.17, 15) is 0 Å². The van der Waals surface area contributed by atoms with Crippen molar-refractivity contribution in [1.29, 1.82) is 0 Å². The Labute approximate surface area is 84.9 Å². The fraction of sp³-hybridized carbons (Fsp3) is 0.231. The smallest absolute Gasteiger partial charge is 0.0317 e. The van der Waals surface area contributed by atoms with E-state index in [1.807, 2.05) is 13.0 Å². The second kappa shape index (κ2) is 3.33. The molecule has 0 fully saturated rings. The van der Waals surface area contributed by atoms with Crippen LogP contribution in [0.5, 0.6) is 0 Å². The van der Waals surface area contributed by atoms with Gasteiger partial charge in [0.25, 0.3) is 0 Å². The van der Waals surface area contributed by atoms with Crippen LogP contribution in [0.3, 0.4) is 0 Å². The highest BCUT2D eigenvalue weighted by molar-refractivity contribution is 5.75. The highest BCUT2D eigenvalue weighted by atomic mass is 14.5. The first kappa shape index (κ1) is 9.07. The average Bonchev–Trinajstić information content (AvgIpc) is 2.47. The highest BCUT2D eigenvalue weighted by Gasteiger charge is 2.15. The lowest BCUT2D eigenvalue weighted by Crippen LogP contribution is -1.87. The third-order valence-corrected chi connectivity index (χ3v) is 2.56. The molecule has 0 spiro atoms. The number of anilines is 1. The lowest BCUT2D eigenvalue weighted by atomic mass is 10.1. The van der Waals surface area contributed by atoms with E-state index >= 15 is 0 Å². The molecular weight excluding hydrogens is 170 g/mol. The molecule has 1 heteroatoms. The Bertz CT molecular complexity index is 413. The minimum Gasteiger partial charge on any atom is -0.399 e. The molecule has 14 heavy (non-hydrogen) atoms. The molecule has 0 saturated heterocycles. The Balaban J connectivity index is 2.45. The van der Waals surface area contributed by atoms with Crippen LogP contribution in [-0.2, 0) is 6.42 Å². The Morgan fingerprint density at radius 1 is 1.43 bits per heavy atom. The standard InChI is InChI=1S/C13H15N/c1-9(2)7-10-3-4-11-8-12(14)5-6-13(10)11/h5-8H,1,3-4,14H2,2H3. The monoisotopic (exact) mass is 185 g/mol. The molecule has 0 amide bonds. The van der Waals surface area contributed by atoms with Gasteiger partial charge >= 0.3 is 0 Å². The molecule has 0 unspecified atom stereocenters. The van der Waals surface area contributed by atoms with Crippen LogP contribution < -0.4 is 5.73 Å². The van der Waals surface area contributed by atoms with Gasteiger partial charge in [-0.05, 0) is 48.6 Å². The summed E-state index contributed by atoms with van der Waals surface area (Å²) in [7, 11) is 0. The highest BCUT2D eigenvalue weighted by Crippen LogP contribution is 2.33. The number of nitrogen functional groups attached to an aromatic ring is 1. The fourth-order valence-electron chi connectivity index (χ4n) is 1.99. The SMILES string of the molecule is C=C(C)C=C1CCc2cc(N)ccc21. The number of nitrogens with two attached hydrogens (primary N) is 1.